The molecule has 0 bridgehead atoms. The van der Waals surface area contributed by atoms with Crippen molar-refractivity contribution in [2.75, 3.05) is 13.2 Å². The third-order valence-corrected chi connectivity index (χ3v) is 4.87. The average molecular weight is 361 g/mol. The number of fused-ring (bicyclic) bond motifs is 1. The maximum absolute atomic E-state index is 12.8. The number of hydrogen-bond donors (Lipinski definition) is 0. The van der Waals surface area contributed by atoms with Crippen molar-refractivity contribution >= 4 is 11.8 Å². The van der Waals surface area contributed by atoms with Crippen LogP contribution in [0.1, 0.15) is 37.8 Å². The number of amides is 2. The summed E-state index contributed by atoms with van der Waals surface area (Å²) in [5.41, 5.74) is 0.556. The number of nitrogens with zero attached hydrogens (tertiary/aromatic N) is 1. The van der Waals surface area contributed by atoms with Crippen LogP contribution in [-0.2, 0) is 10.9 Å². The maximum Gasteiger partial charge on any atom is 0.416 e. The zero-order chi connectivity index (χ0) is 18.5. The SMILES string of the molecule is O=C1c2ccccc2C(=O)N1[C@@H]1COC[C@H]1c1ccc(C(F)(F)F)cc1. The summed E-state index contributed by atoms with van der Waals surface area (Å²) in [7, 11) is 0. The Morgan fingerprint density at radius 3 is 2.00 bits per heavy atom. The van der Waals surface area contributed by atoms with Crippen LogP contribution >= 0.6 is 0 Å². The fraction of sp³-hybridized carbons (Fsp3) is 0.263. The molecule has 0 unspecified atom stereocenters. The lowest BCUT2D eigenvalue weighted by atomic mass is 9.92. The standard InChI is InChI=1S/C19H14F3NO3/c20-19(21,22)12-7-5-11(6-8-12)15-9-26-10-16(15)23-17(24)13-3-1-2-4-14(13)18(23)25/h1-8,15-16H,9-10H2/t15-,16+/m0/s1. The van der Waals surface area contributed by atoms with Gasteiger partial charge in [-0.3, -0.25) is 14.5 Å². The lowest BCUT2D eigenvalue weighted by Crippen LogP contribution is -2.43. The Morgan fingerprint density at radius 2 is 1.46 bits per heavy atom. The Hall–Kier alpha value is -2.67. The molecule has 26 heavy (non-hydrogen) atoms. The quantitative estimate of drug-likeness (QED) is 0.770. The van der Waals surface area contributed by atoms with E-state index in [9.17, 15) is 22.8 Å². The van der Waals surface area contributed by atoms with Gasteiger partial charge in [0.2, 0.25) is 0 Å². The van der Waals surface area contributed by atoms with E-state index in [1.54, 1.807) is 24.3 Å². The van der Waals surface area contributed by atoms with E-state index in [2.05, 4.69) is 0 Å². The predicted molar refractivity (Wildman–Crippen MR) is 85.7 cm³/mol. The second kappa shape index (κ2) is 5.95. The molecule has 4 nitrogen and oxygen atoms in total. The lowest BCUT2D eigenvalue weighted by Gasteiger charge is -2.26. The van der Waals surface area contributed by atoms with Crippen molar-refractivity contribution in [3.05, 3.63) is 70.8 Å². The van der Waals surface area contributed by atoms with Crippen LogP contribution in [0.25, 0.3) is 0 Å². The maximum atomic E-state index is 12.8. The van der Waals surface area contributed by atoms with E-state index in [0.29, 0.717) is 16.7 Å². The van der Waals surface area contributed by atoms with Gasteiger partial charge in [0.25, 0.3) is 11.8 Å². The zero-order valence-corrected chi connectivity index (χ0v) is 13.5. The van der Waals surface area contributed by atoms with Gasteiger partial charge in [-0.1, -0.05) is 24.3 Å². The van der Waals surface area contributed by atoms with Gasteiger partial charge < -0.3 is 4.74 Å². The minimum atomic E-state index is -4.41. The number of rotatable bonds is 2. The molecule has 7 heteroatoms. The molecule has 2 aromatic carbocycles. The summed E-state index contributed by atoms with van der Waals surface area (Å²) in [6.45, 7) is 0.403. The van der Waals surface area contributed by atoms with Crippen LogP contribution in [0, 0.1) is 0 Å². The summed E-state index contributed by atoms with van der Waals surface area (Å²) in [4.78, 5) is 26.5. The largest absolute Gasteiger partial charge is 0.416 e. The van der Waals surface area contributed by atoms with E-state index >= 15 is 0 Å². The van der Waals surface area contributed by atoms with Gasteiger partial charge in [-0.2, -0.15) is 13.2 Å². The first-order chi connectivity index (χ1) is 12.4. The minimum absolute atomic E-state index is 0.164. The predicted octanol–water partition coefficient (Wildman–Crippen LogP) is 3.48. The van der Waals surface area contributed by atoms with Crippen LogP contribution < -0.4 is 0 Å². The van der Waals surface area contributed by atoms with Crippen molar-refractivity contribution in [1.29, 1.82) is 0 Å². The van der Waals surface area contributed by atoms with Gasteiger partial charge in [0.05, 0.1) is 35.9 Å². The molecule has 2 atom stereocenters. The van der Waals surface area contributed by atoms with Gasteiger partial charge in [-0.15, -0.1) is 0 Å². The molecular formula is C19H14F3NO3. The number of halogens is 3. The molecule has 134 valence electrons. The molecule has 2 aromatic rings. The number of hydrogen-bond acceptors (Lipinski definition) is 3. The van der Waals surface area contributed by atoms with Crippen molar-refractivity contribution in [2.24, 2.45) is 0 Å². The van der Waals surface area contributed by atoms with Gasteiger partial charge in [0.1, 0.15) is 0 Å². The number of alkyl halides is 3. The van der Waals surface area contributed by atoms with Gasteiger partial charge >= 0.3 is 6.18 Å². The highest BCUT2D eigenvalue weighted by atomic mass is 19.4. The van der Waals surface area contributed by atoms with E-state index in [1.807, 2.05) is 0 Å². The Bertz CT molecular complexity index is 841. The monoisotopic (exact) mass is 361 g/mol. The summed E-state index contributed by atoms with van der Waals surface area (Å²) < 4.78 is 43.7. The first-order valence-electron chi connectivity index (χ1n) is 8.10. The van der Waals surface area contributed by atoms with Gasteiger partial charge in [0, 0.05) is 5.92 Å². The second-order valence-corrected chi connectivity index (χ2v) is 6.36. The number of imide groups is 1. The second-order valence-electron chi connectivity index (χ2n) is 6.36. The summed E-state index contributed by atoms with van der Waals surface area (Å²) in [5, 5.41) is 0. The van der Waals surface area contributed by atoms with Crippen molar-refractivity contribution in [3.63, 3.8) is 0 Å². The highest BCUT2D eigenvalue weighted by Gasteiger charge is 2.45. The molecule has 1 saturated heterocycles. The van der Waals surface area contributed by atoms with Crippen LogP contribution in [0.3, 0.4) is 0 Å². The highest BCUT2D eigenvalue weighted by molar-refractivity contribution is 6.21. The van der Waals surface area contributed by atoms with Crippen molar-refractivity contribution in [2.45, 2.75) is 18.1 Å². The van der Waals surface area contributed by atoms with E-state index in [-0.39, 0.29) is 19.1 Å². The number of benzene rings is 2. The van der Waals surface area contributed by atoms with Gasteiger partial charge in [0.15, 0.2) is 0 Å². The molecule has 2 aliphatic rings. The fourth-order valence-electron chi connectivity index (χ4n) is 3.54. The average Bonchev–Trinajstić information content (AvgIpc) is 3.18. The normalized spacial score (nSPS) is 22.8. The van der Waals surface area contributed by atoms with E-state index < -0.39 is 29.6 Å². The molecule has 2 amide bonds. The Labute approximate surface area is 147 Å². The molecule has 0 spiro atoms. The summed E-state index contributed by atoms with van der Waals surface area (Å²) >= 11 is 0. The summed E-state index contributed by atoms with van der Waals surface area (Å²) in [5.74, 6) is -1.14. The zero-order valence-electron chi connectivity index (χ0n) is 13.5. The highest BCUT2D eigenvalue weighted by Crippen LogP contribution is 2.36. The van der Waals surface area contributed by atoms with Gasteiger partial charge in [-0.25, -0.2) is 0 Å². The number of ether oxygens (including phenoxy) is 1. The molecule has 0 radical (unpaired) electrons. The lowest BCUT2D eigenvalue weighted by molar-refractivity contribution is -0.137. The van der Waals surface area contributed by atoms with E-state index in [1.165, 1.54) is 17.0 Å². The van der Waals surface area contributed by atoms with Crippen molar-refractivity contribution < 1.29 is 27.5 Å². The van der Waals surface area contributed by atoms with E-state index in [0.717, 1.165) is 12.1 Å². The molecule has 0 N–H and O–H groups in total. The first-order valence-corrected chi connectivity index (χ1v) is 8.10. The molecule has 2 aliphatic heterocycles. The molecule has 4 rings (SSSR count). The number of carbonyl (C=O) groups is 2. The summed E-state index contributed by atoms with van der Waals surface area (Å²) in [6.07, 6.45) is -4.41. The number of carbonyl (C=O) groups excluding carboxylic acids is 2. The van der Waals surface area contributed by atoms with Crippen LogP contribution in [0.5, 0.6) is 0 Å². The van der Waals surface area contributed by atoms with Gasteiger partial charge in [-0.05, 0) is 29.8 Å². The smallest absolute Gasteiger partial charge is 0.379 e. The Morgan fingerprint density at radius 1 is 0.885 bits per heavy atom. The van der Waals surface area contributed by atoms with Crippen LogP contribution in [0.4, 0.5) is 13.2 Å². The first kappa shape index (κ1) is 16.8. The Kier molecular flexibility index (Phi) is 3.84. The Balaban J connectivity index is 1.64. The minimum Gasteiger partial charge on any atom is -0.379 e. The van der Waals surface area contributed by atoms with Crippen molar-refractivity contribution in [1.82, 2.24) is 4.90 Å². The molecule has 1 fully saturated rings. The third kappa shape index (κ3) is 2.59. The molecule has 2 heterocycles. The molecule has 0 saturated carbocycles. The summed E-state index contributed by atoms with van der Waals surface area (Å²) in [6, 6.07) is 10.8. The third-order valence-electron chi connectivity index (χ3n) is 4.87. The van der Waals surface area contributed by atoms with Crippen LogP contribution in [0.15, 0.2) is 48.5 Å². The van der Waals surface area contributed by atoms with E-state index in [4.69, 9.17) is 4.74 Å². The molecular weight excluding hydrogens is 347 g/mol. The topological polar surface area (TPSA) is 46.6 Å². The van der Waals surface area contributed by atoms with Crippen LogP contribution in [0.2, 0.25) is 0 Å². The molecule has 0 aromatic heterocycles. The molecule has 0 aliphatic carbocycles. The van der Waals surface area contributed by atoms with Crippen LogP contribution in [-0.4, -0.2) is 36.0 Å². The fourth-order valence-corrected chi connectivity index (χ4v) is 3.54. The van der Waals surface area contributed by atoms with Crippen molar-refractivity contribution in [3.8, 4) is 0 Å².